The third-order valence-corrected chi connectivity index (χ3v) is 6.99. The molecule has 2 aromatic heterocycles. The standard InChI is InChI=1S/C27H32N6O2/c1-6-22-19(5)23(9-7-20(22)13-28)24-15-30-33(27(24)35)25-10-8-21(14-29-25)26(34)31-11-12-32(17(2)3)18(4)16-31/h7-10,14-15,17-18,30H,6,11-12,16H2,1-5H3/t18-/m1/s1. The molecule has 1 N–H and O–H groups in total. The quantitative estimate of drug-likeness (QED) is 0.613. The van der Waals surface area contributed by atoms with Gasteiger partial charge in [0.15, 0.2) is 5.82 Å². The normalized spacial score (nSPS) is 16.5. The summed E-state index contributed by atoms with van der Waals surface area (Å²) in [6.07, 6.45) is 3.91. The molecule has 0 aliphatic carbocycles. The topological polar surface area (TPSA) is 98.0 Å². The molecule has 8 heteroatoms. The molecule has 0 radical (unpaired) electrons. The summed E-state index contributed by atoms with van der Waals surface area (Å²) in [7, 11) is 0. The highest BCUT2D eigenvalue weighted by atomic mass is 16.2. The number of hydrogen-bond acceptors (Lipinski definition) is 5. The molecule has 1 fully saturated rings. The average molecular weight is 473 g/mol. The second-order valence-electron chi connectivity index (χ2n) is 9.39. The lowest BCUT2D eigenvalue weighted by molar-refractivity contribution is 0.0426. The maximum absolute atomic E-state index is 13.2. The molecule has 1 aliphatic rings. The van der Waals surface area contributed by atoms with Gasteiger partial charge >= 0.3 is 0 Å². The zero-order chi connectivity index (χ0) is 25.3. The van der Waals surface area contributed by atoms with E-state index in [1.807, 2.05) is 24.8 Å². The number of piperazine rings is 1. The van der Waals surface area contributed by atoms with E-state index < -0.39 is 0 Å². The molecule has 4 rings (SSSR count). The summed E-state index contributed by atoms with van der Waals surface area (Å²) in [6, 6.07) is 9.96. The number of nitrogens with zero attached hydrogens (tertiary/aromatic N) is 5. The van der Waals surface area contributed by atoms with Crippen LogP contribution < -0.4 is 5.56 Å². The van der Waals surface area contributed by atoms with E-state index in [9.17, 15) is 14.9 Å². The Hall–Kier alpha value is -3.70. The van der Waals surface area contributed by atoms with Crippen molar-refractivity contribution in [1.82, 2.24) is 24.6 Å². The van der Waals surface area contributed by atoms with Crippen LogP contribution in [-0.4, -0.2) is 62.2 Å². The Morgan fingerprint density at radius 2 is 2.00 bits per heavy atom. The van der Waals surface area contributed by atoms with Gasteiger partial charge in [0.25, 0.3) is 11.5 Å². The minimum absolute atomic E-state index is 0.0425. The Labute approximate surface area is 205 Å². The van der Waals surface area contributed by atoms with E-state index >= 15 is 0 Å². The zero-order valence-corrected chi connectivity index (χ0v) is 21.0. The van der Waals surface area contributed by atoms with Crippen molar-refractivity contribution in [2.75, 3.05) is 19.6 Å². The van der Waals surface area contributed by atoms with E-state index in [0.29, 0.717) is 54.1 Å². The highest BCUT2D eigenvalue weighted by Gasteiger charge is 2.28. The number of nitrogens with one attached hydrogen (secondary N) is 1. The summed E-state index contributed by atoms with van der Waals surface area (Å²) in [5.41, 5.74) is 4.09. The van der Waals surface area contributed by atoms with Crippen molar-refractivity contribution in [3.05, 3.63) is 69.3 Å². The van der Waals surface area contributed by atoms with Crippen LogP contribution in [0.2, 0.25) is 0 Å². The first-order chi connectivity index (χ1) is 16.8. The molecule has 0 spiro atoms. The van der Waals surface area contributed by atoms with Crippen molar-refractivity contribution in [2.45, 2.75) is 53.1 Å². The number of amides is 1. The number of carbonyl (C=O) groups excluding carboxylic acids is 1. The predicted octanol–water partition coefficient (Wildman–Crippen LogP) is 3.52. The van der Waals surface area contributed by atoms with Gasteiger partial charge in [-0.25, -0.2) is 9.67 Å². The molecule has 3 heterocycles. The number of aromatic nitrogens is 3. The second-order valence-corrected chi connectivity index (χ2v) is 9.39. The molecular formula is C27H32N6O2. The van der Waals surface area contributed by atoms with Crippen LogP contribution in [0.15, 0.2) is 41.5 Å². The predicted molar refractivity (Wildman–Crippen MR) is 136 cm³/mol. The summed E-state index contributed by atoms with van der Waals surface area (Å²) in [5, 5.41) is 12.4. The van der Waals surface area contributed by atoms with E-state index in [0.717, 1.165) is 23.2 Å². The molecule has 0 saturated carbocycles. The van der Waals surface area contributed by atoms with Gasteiger partial charge in [-0.1, -0.05) is 13.0 Å². The first-order valence-corrected chi connectivity index (χ1v) is 12.1. The molecule has 3 aromatic rings. The molecule has 182 valence electrons. The van der Waals surface area contributed by atoms with Crippen LogP contribution in [0.3, 0.4) is 0 Å². The molecule has 1 atom stereocenters. The number of rotatable bonds is 5. The van der Waals surface area contributed by atoms with Gasteiger partial charge in [0.1, 0.15) is 0 Å². The molecule has 0 unspecified atom stereocenters. The van der Waals surface area contributed by atoms with Crippen LogP contribution in [-0.2, 0) is 6.42 Å². The Bertz CT molecular complexity index is 1330. The largest absolute Gasteiger partial charge is 0.336 e. The van der Waals surface area contributed by atoms with Crippen molar-refractivity contribution >= 4 is 5.91 Å². The van der Waals surface area contributed by atoms with Gasteiger partial charge in [-0.3, -0.25) is 19.6 Å². The van der Waals surface area contributed by atoms with E-state index in [1.54, 1.807) is 24.4 Å². The zero-order valence-electron chi connectivity index (χ0n) is 21.0. The third kappa shape index (κ3) is 4.52. The lowest BCUT2D eigenvalue weighted by Crippen LogP contribution is -2.55. The van der Waals surface area contributed by atoms with Crippen LogP contribution in [0, 0.1) is 18.3 Å². The molecule has 0 bridgehead atoms. The molecule has 8 nitrogen and oxygen atoms in total. The highest BCUT2D eigenvalue weighted by Crippen LogP contribution is 2.26. The van der Waals surface area contributed by atoms with Gasteiger partial charge < -0.3 is 4.90 Å². The second kappa shape index (κ2) is 9.88. The highest BCUT2D eigenvalue weighted by molar-refractivity contribution is 5.94. The Morgan fingerprint density at radius 3 is 2.60 bits per heavy atom. The fraction of sp³-hybridized carbons (Fsp3) is 0.407. The lowest BCUT2D eigenvalue weighted by Gasteiger charge is -2.42. The molecule has 1 aliphatic heterocycles. The van der Waals surface area contributed by atoms with Crippen molar-refractivity contribution in [2.24, 2.45) is 0 Å². The van der Waals surface area contributed by atoms with Gasteiger partial charge in [-0.05, 0) is 69.0 Å². The van der Waals surface area contributed by atoms with Gasteiger partial charge in [0.05, 0.1) is 22.8 Å². The number of carbonyl (C=O) groups is 1. The van der Waals surface area contributed by atoms with Gasteiger partial charge in [0.2, 0.25) is 0 Å². The maximum atomic E-state index is 13.2. The fourth-order valence-corrected chi connectivity index (χ4v) is 5.09. The summed E-state index contributed by atoms with van der Waals surface area (Å²) >= 11 is 0. The Balaban J connectivity index is 1.56. The number of hydrogen-bond donors (Lipinski definition) is 1. The van der Waals surface area contributed by atoms with E-state index in [2.05, 4.69) is 41.8 Å². The monoisotopic (exact) mass is 472 g/mol. The molecule has 1 saturated heterocycles. The van der Waals surface area contributed by atoms with Crippen LogP contribution in [0.4, 0.5) is 0 Å². The molecule has 35 heavy (non-hydrogen) atoms. The Morgan fingerprint density at radius 1 is 1.23 bits per heavy atom. The molecule has 1 amide bonds. The van der Waals surface area contributed by atoms with Crippen LogP contribution >= 0.6 is 0 Å². The maximum Gasteiger partial charge on any atom is 0.280 e. The minimum atomic E-state index is -0.231. The summed E-state index contributed by atoms with van der Waals surface area (Å²) in [5.74, 6) is 0.372. The van der Waals surface area contributed by atoms with Gasteiger partial charge in [-0.2, -0.15) is 5.26 Å². The molecule has 1 aromatic carbocycles. The number of pyridine rings is 1. The minimum Gasteiger partial charge on any atom is -0.336 e. The fourth-order valence-electron chi connectivity index (χ4n) is 5.09. The first-order valence-electron chi connectivity index (χ1n) is 12.1. The van der Waals surface area contributed by atoms with Crippen molar-refractivity contribution in [3.8, 4) is 23.0 Å². The van der Waals surface area contributed by atoms with Crippen LogP contribution in [0.1, 0.15) is 54.7 Å². The molecular weight excluding hydrogens is 440 g/mol. The van der Waals surface area contributed by atoms with E-state index in [-0.39, 0.29) is 11.5 Å². The number of nitriles is 1. The van der Waals surface area contributed by atoms with Gasteiger partial charge in [0, 0.05) is 44.1 Å². The number of H-pyrrole nitrogens is 1. The Kier molecular flexibility index (Phi) is 6.90. The third-order valence-electron chi connectivity index (χ3n) is 6.99. The SMILES string of the molecule is CCc1c(C#N)ccc(-c2c[nH]n(-c3ccc(C(=O)N4CCN(C(C)C)[C@H](C)C4)cn3)c2=O)c1C. The van der Waals surface area contributed by atoms with Crippen LogP contribution in [0.5, 0.6) is 0 Å². The van der Waals surface area contributed by atoms with E-state index in [1.165, 1.54) is 10.9 Å². The number of aromatic amines is 1. The van der Waals surface area contributed by atoms with E-state index in [4.69, 9.17) is 0 Å². The smallest absolute Gasteiger partial charge is 0.280 e. The van der Waals surface area contributed by atoms with Crippen molar-refractivity contribution in [1.29, 1.82) is 5.26 Å². The number of benzene rings is 1. The first kappa shape index (κ1) is 24.4. The van der Waals surface area contributed by atoms with Crippen molar-refractivity contribution in [3.63, 3.8) is 0 Å². The summed E-state index contributed by atoms with van der Waals surface area (Å²) in [6.45, 7) is 12.7. The summed E-state index contributed by atoms with van der Waals surface area (Å²) in [4.78, 5) is 34.9. The van der Waals surface area contributed by atoms with Crippen LogP contribution in [0.25, 0.3) is 16.9 Å². The summed E-state index contributed by atoms with van der Waals surface area (Å²) < 4.78 is 1.37. The van der Waals surface area contributed by atoms with Gasteiger partial charge in [-0.15, -0.1) is 0 Å². The van der Waals surface area contributed by atoms with Crippen molar-refractivity contribution < 1.29 is 4.79 Å². The average Bonchev–Trinajstić information content (AvgIpc) is 3.23. The lowest BCUT2D eigenvalue weighted by atomic mass is 9.93.